The number of nitrogens with zero attached hydrogens (tertiary/aromatic N) is 4. The third-order valence-electron chi connectivity index (χ3n) is 3.94. The number of nitrogens with one attached hydrogen (secondary N) is 1. The van der Waals surface area contributed by atoms with E-state index in [4.69, 9.17) is 5.73 Å². The maximum absolute atomic E-state index is 5.69. The number of hydrogen-bond acceptors (Lipinski definition) is 6. The molecule has 1 fully saturated rings. The highest BCUT2D eigenvalue weighted by Gasteiger charge is 2.25. The summed E-state index contributed by atoms with van der Waals surface area (Å²) in [5.41, 5.74) is 9.30. The molecule has 0 radical (unpaired) electrons. The maximum atomic E-state index is 5.69. The highest BCUT2D eigenvalue weighted by Crippen LogP contribution is 2.22. The molecule has 6 heteroatoms. The molecule has 0 bridgehead atoms. The van der Waals surface area contributed by atoms with Crippen molar-refractivity contribution in [2.24, 2.45) is 10.2 Å². The van der Waals surface area contributed by atoms with Crippen molar-refractivity contribution >= 4 is 22.7 Å². The topological polar surface area (TPSA) is 69.2 Å². The predicted molar refractivity (Wildman–Crippen MR) is 94.1 cm³/mol. The van der Waals surface area contributed by atoms with Crippen LogP contribution in [-0.2, 0) is 0 Å². The predicted octanol–water partition coefficient (Wildman–Crippen LogP) is 3.26. The second-order valence-electron chi connectivity index (χ2n) is 5.82. The highest BCUT2D eigenvalue weighted by atomic mass is 15.5. The van der Waals surface area contributed by atoms with Crippen LogP contribution in [0.3, 0.4) is 0 Å². The fraction of sp³-hybridized carbons (Fsp3) is 0.294. The Labute approximate surface area is 136 Å². The summed E-state index contributed by atoms with van der Waals surface area (Å²) in [7, 11) is 4.12. The van der Waals surface area contributed by atoms with E-state index >= 15 is 0 Å². The van der Waals surface area contributed by atoms with E-state index in [9.17, 15) is 0 Å². The molecule has 0 saturated carbocycles. The molecule has 0 unspecified atom stereocenters. The van der Waals surface area contributed by atoms with Gasteiger partial charge in [0.05, 0.1) is 5.69 Å². The molecule has 2 aromatic carbocycles. The van der Waals surface area contributed by atoms with Crippen molar-refractivity contribution in [2.75, 3.05) is 38.2 Å². The summed E-state index contributed by atoms with van der Waals surface area (Å²) in [6, 6.07) is 15.6. The minimum absolute atomic E-state index is 0.0302. The first-order chi connectivity index (χ1) is 11.1. The van der Waals surface area contributed by atoms with Gasteiger partial charge in [0.15, 0.2) is 6.29 Å². The van der Waals surface area contributed by atoms with Gasteiger partial charge < -0.3 is 11.1 Å². The lowest BCUT2D eigenvalue weighted by molar-refractivity contribution is 0.189. The molecule has 120 valence electrons. The first-order valence-corrected chi connectivity index (χ1v) is 7.66. The summed E-state index contributed by atoms with van der Waals surface area (Å²) < 4.78 is 0. The van der Waals surface area contributed by atoms with E-state index in [2.05, 4.69) is 39.4 Å². The number of nitrogens with two attached hydrogens (primary N) is 1. The standard InChI is InChI=1S/C17H22N6/c1-22-11-12-23(2)17(22)21-20-16-9-7-15(8-10-16)19-14-5-3-13(18)4-6-14/h3-10,17,19H,11-12,18H2,1-2H3. The van der Waals surface area contributed by atoms with Crippen LogP contribution in [0.15, 0.2) is 58.8 Å². The van der Waals surface area contributed by atoms with E-state index in [1.54, 1.807) is 0 Å². The lowest BCUT2D eigenvalue weighted by Gasteiger charge is -2.18. The van der Waals surface area contributed by atoms with Gasteiger partial charge in [0, 0.05) is 30.2 Å². The average Bonchev–Trinajstić information content (AvgIpc) is 2.88. The third kappa shape index (κ3) is 3.85. The number of likely N-dealkylation sites (N-methyl/N-ethyl adjacent to an activating group) is 2. The lowest BCUT2D eigenvalue weighted by atomic mass is 10.2. The fourth-order valence-electron chi connectivity index (χ4n) is 2.52. The Balaban J connectivity index is 1.64. The van der Waals surface area contributed by atoms with Crippen LogP contribution in [0, 0.1) is 0 Å². The highest BCUT2D eigenvalue weighted by molar-refractivity contribution is 5.63. The van der Waals surface area contributed by atoms with Gasteiger partial charge in [-0.05, 0) is 62.6 Å². The molecular weight excluding hydrogens is 288 g/mol. The van der Waals surface area contributed by atoms with Crippen molar-refractivity contribution in [1.82, 2.24) is 9.80 Å². The largest absolute Gasteiger partial charge is 0.399 e. The third-order valence-corrected chi connectivity index (χ3v) is 3.94. The van der Waals surface area contributed by atoms with Crippen molar-refractivity contribution in [3.8, 4) is 0 Å². The van der Waals surface area contributed by atoms with Crippen molar-refractivity contribution in [3.63, 3.8) is 0 Å². The summed E-state index contributed by atoms with van der Waals surface area (Å²) in [4.78, 5) is 4.36. The van der Waals surface area contributed by atoms with Gasteiger partial charge >= 0.3 is 0 Å². The van der Waals surface area contributed by atoms with Gasteiger partial charge in [-0.2, -0.15) is 10.2 Å². The Bertz CT molecular complexity index is 654. The zero-order valence-corrected chi connectivity index (χ0v) is 13.5. The smallest absolute Gasteiger partial charge is 0.179 e. The van der Waals surface area contributed by atoms with Crippen LogP contribution >= 0.6 is 0 Å². The Hall–Kier alpha value is -2.44. The van der Waals surface area contributed by atoms with E-state index in [1.807, 2.05) is 48.5 Å². The average molecular weight is 310 g/mol. The molecule has 3 N–H and O–H groups in total. The van der Waals surface area contributed by atoms with Gasteiger partial charge in [-0.15, -0.1) is 0 Å². The summed E-state index contributed by atoms with van der Waals surface area (Å²) in [6.45, 7) is 2.04. The number of rotatable bonds is 4. The van der Waals surface area contributed by atoms with Gasteiger partial charge in [-0.1, -0.05) is 0 Å². The molecule has 2 aromatic rings. The summed E-state index contributed by atoms with van der Waals surface area (Å²) in [6.07, 6.45) is 0.0302. The van der Waals surface area contributed by atoms with Gasteiger partial charge in [0.1, 0.15) is 0 Å². The molecule has 0 aromatic heterocycles. The lowest BCUT2D eigenvalue weighted by Crippen LogP contribution is -2.31. The zero-order valence-electron chi connectivity index (χ0n) is 13.5. The van der Waals surface area contributed by atoms with Crippen molar-refractivity contribution in [3.05, 3.63) is 48.5 Å². The maximum Gasteiger partial charge on any atom is 0.179 e. The number of hydrogen-bond donors (Lipinski definition) is 2. The van der Waals surface area contributed by atoms with Crippen LogP contribution in [0.2, 0.25) is 0 Å². The molecule has 1 aliphatic heterocycles. The van der Waals surface area contributed by atoms with E-state index in [1.165, 1.54) is 0 Å². The molecule has 0 spiro atoms. The molecule has 1 aliphatic rings. The monoisotopic (exact) mass is 310 g/mol. The Morgan fingerprint density at radius 2 is 1.43 bits per heavy atom. The van der Waals surface area contributed by atoms with E-state index < -0.39 is 0 Å². The van der Waals surface area contributed by atoms with Gasteiger partial charge in [-0.3, -0.25) is 9.80 Å². The van der Waals surface area contributed by atoms with Gasteiger partial charge in [0.25, 0.3) is 0 Å². The Morgan fingerprint density at radius 1 is 0.913 bits per heavy atom. The second kappa shape index (κ2) is 6.76. The minimum Gasteiger partial charge on any atom is -0.399 e. The minimum atomic E-state index is 0.0302. The fourth-order valence-corrected chi connectivity index (χ4v) is 2.52. The first kappa shape index (κ1) is 15.5. The number of azo groups is 1. The molecular formula is C17H22N6. The molecule has 0 atom stereocenters. The van der Waals surface area contributed by atoms with Crippen molar-refractivity contribution in [1.29, 1.82) is 0 Å². The second-order valence-corrected chi connectivity index (χ2v) is 5.82. The first-order valence-electron chi connectivity index (χ1n) is 7.66. The summed E-state index contributed by atoms with van der Waals surface area (Å²) in [5, 5.41) is 12.1. The normalized spacial score (nSPS) is 17.1. The Kier molecular flexibility index (Phi) is 4.55. The zero-order chi connectivity index (χ0) is 16.2. The Morgan fingerprint density at radius 3 is 2.00 bits per heavy atom. The molecule has 1 saturated heterocycles. The number of anilines is 3. The van der Waals surface area contributed by atoms with Crippen LogP contribution in [0.5, 0.6) is 0 Å². The van der Waals surface area contributed by atoms with Crippen LogP contribution < -0.4 is 11.1 Å². The molecule has 0 amide bonds. The van der Waals surface area contributed by atoms with E-state index in [0.29, 0.717) is 0 Å². The molecule has 0 aliphatic carbocycles. The summed E-state index contributed by atoms with van der Waals surface area (Å²) >= 11 is 0. The number of benzene rings is 2. The molecule has 6 nitrogen and oxygen atoms in total. The van der Waals surface area contributed by atoms with E-state index in [-0.39, 0.29) is 6.29 Å². The molecule has 3 rings (SSSR count). The molecule has 1 heterocycles. The summed E-state index contributed by atoms with van der Waals surface area (Å²) in [5.74, 6) is 0. The van der Waals surface area contributed by atoms with Crippen LogP contribution in [-0.4, -0.2) is 43.3 Å². The van der Waals surface area contributed by atoms with Gasteiger partial charge in [0.2, 0.25) is 0 Å². The van der Waals surface area contributed by atoms with Gasteiger partial charge in [-0.25, -0.2) is 0 Å². The van der Waals surface area contributed by atoms with Crippen LogP contribution in [0.4, 0.5) is 22.7 Å². The van der Waals surface area contributed by atoms with Crippen LogP contribution in [0.25, 0.3) is 0 Å². The SMILES string of the molecule is CN1CCN(C)C1N=Nc1ccc(Nc2ccc(N)cc2)cc1. The quantitative estimate of drug-likeness (QED) is 0.672. The van der Waals surface area contributed by atoms with Crippen molar-refractivity contribution < 1.29 is 0 Å². The van der Waals surface area contributed by atoms with E-state index in [0.717, 1.165) is 35.8 Å². The van der Waals surface area contributed by atoms with Crippen LogP contribution in [0.1, 0.15) is 0 Å². The van der Waals surface area contributed by atoms with Crippen molar-refractivity contribution in [2.45, 2.75) is 6.29 Å². The number of nitrogen functional groups attached to an aromatic ring is 1. The molecule has 23 heavy (non-hydrogen) atoms.